The molecule has 2 atom stereocenters. The number of carbonyl (C=O) groups is 1. The number of aliphatic hydroxyl groups is 3. The zero-order valence-electron chi connectivity index (χ0n) is 11.3. The third-order valence-electron chi connectivity index (χ3n) is 2.81. The Morgan fingerprint density at radius 1 is 1.28 bits per heavy atom. The van der Waals surface area contributed by atoms with Crippen LogP contribution < -0.4 is 5.32 Å². The fraction of sp³-hybridized carbons (Fsp3) is 0.917. The lowest BCUT2D eigenvalue weighted by molar-refractivity contribution is -0.157. The van der Waals surface area contributed by atoms with E-state index in [1.165, 1.54) is 0 Å². The van der Waals surface area contributed by atoms with Gasteiger partial charge in [-0.3, -0.25) is 4.79 Å². The minimum atomic E-state index is -0.848. The summed E-state index contributed by atoms with van der Waals surface area (Å²) >= 11 is 0. The predicted octanol–water partition coefficient (Wildman–Crippen LogP) is -0.730. The number of aliphatic hydroxyl groups excluding tert-OH is 3. The number of hydrogen-bond acceptors (Lipinski definition) is 6. The van der Waals surface area contributed by atoms with Crippen molar-refractivity contribution in [1.29, 1.82) is 0 Å². The highest BCUT2D eigenvalue weighted by atomic mass is 16.5. The number of ether oxygens (including phenoxy) is 1. The van der Waals surface area contributed by atoms with Gasteiger partial charge in [0.2, 0.25) is 0 Å². The zero-order valence-corrected chi connectivity index (χ0v) is 11.3. The molecule has 0 amide bonds. The molecule has 0 bridgehead atoms. The Morgan fingerprint density at radius 2 is 1.83 bits per heavy atom. The molecule has 0 aliphatic carbocycles. The second-order valence-electron chi connectivity index (χ2n) is 4.98. The summed E-state index contributed by atoms with van der Waals surface area (Å²) in [5.41, 5.74) is -0.541. The highest BCUT2D eigenvalue weighted by molar-refractivity contribution is 5.75. The SMILES string of the molecule is CCC(C)(C)C(=O)OCC(O)CNCC(O)CO. The molecular weight excluding hydrogens is 238 g/mol. The largest absolute Gasteiger partial charge is 0.462 e. The lowest BCUT2D eigenvalue weighted by Gasteiger charge is -2.21. The Hall–Kier alpha value is -0.690. The van der Waals surface area contributed by atoms with Crippen LogP contribution in [-0.2, 0) is 9.53 Å². The van der Waals surface area contributed by atoms with Crippen LogP contribution in [0.4, 0.5) is 0 Å². The number of nitrogens with one attached hydrogen (secondary N) is 1. The van der Waals surface area contributed by atoms with Crippen LogP contribution in [0, 0.1) is 5.41 Å². The van der Waals surface area contributed by atoms with Crippen molar-refractivity contribution in [3.05, 3.63) is 0 Å². The normalized spacial score (nSPS) is 15.2. The average molecular weight is 263 g/mol. The Labute approximate surface area is 108 Å². The average Bonchev–Trinajstić information content (AvgIpc) is 2.35. The van der Waals surface area contributed by atoms with Crippen LogP contribution in [0.2, 0.25) is 0 Å². The number of hydrogen-bond donors (Lipinski definition) is 4. The van der Waals surface area contributed by atoms with Gasteiger partial charge in [0.15, 0.2) is 0 Å². The van der Waals surface area contributed by atoms with Gasteiger partial charge in [0.05, 0.1) is 18.1 Å². The predicted molar refractivity (Wildman–Crippen MR) is 67.0 cm³/mol. The summed E-state index contributed by atoms with van der Waals surface area (Å²) < 4.78 is 5.00. The maximum absolute atomic E-state index is 11.6. The van der Waals surface area contributed by atoms with Gasteiger partial charge in [-0.1, -0.05) is 6.92 Å². The molecule has 4 N–H and O–H groups in total. The van der Waals surface area contributed by atoms with Crippen LogP contribution >= 0.6 is 0 Å². The van der Waals surface area contributed by atoms with Gasteiger partial charge >= 0.3 is 5.97 Å². The highest BCUT2D eigenvalue weighted by Gasteiger charge is 2.27. The third-order valence-corrected chi connectivity index (χ3v) is 2.81. The van der Waals surface area contributed by atoms with Crippen molar-refractivity contribution >= 4 is 5.97 Å². The van der Waals surface area contributed by atoms with Crippen molar-refractivity contribution in [1.82, 2.24) is 5.32 Å². The lowest BCUT2D eigenvalue weighted by Crippen LogP contribution is -2.37. The summed E-state index contributed by atoms with van der Waals surface area (Å²) in [7, 11) is 0. The van der Waals surface area contributed by atoms with Crippen molar-refractivity contribution in [3.8, 4) is 0 Å². The van der Waals surface area contributed by atoms with Crippen LogP contribution in [0.5, 0.6) is 0 Å². The molecule has 0 aliphatic rings. The molecule has 0 saturated heterocycles. The van der Waals surface area contributed by atoms with Gasteiger partial charge in [0, 0.05) is 13.1 Å². The van der Waals surface area contributed by atoms with Crippen LogP contribution in [0.3, 0.4) is 0 Å². The van der Waals surface area contributed by atoms with Gasteiger partial charge in [-0.2, -0.15) is 0 Å². The molecule has 6 heteroatoms. The zero-order chi connectivity index (χ0) is 14.2. The van der Waals surface area contributed by atoms with E-state index in [4.69, 9.17) is 14.9 Å². The topological polar surface area (TPSA) is 99.0 Å². The molecule has 0 fully saturated rings. The first-order chi connectivity index (χ1) is 8.33. The Bertz CT molecular complexity index is 245. The van der Waals surface area contributed by atoms with E-state index in [9.17, 15) is 9.90 Å². The minimum Gasteiger partial charge on any atom is -0.462 e. The van der Waals surface area contributed by atoms with Crippen LogP contribution in [0.15, 0.2) is 0 Å². The Kier molecular flexibility index (Phi) is 8.10. The molecule has 6 nitrogen and oxygen atoms in total. The maximum atomic E-state index is 11.6. The van der Waals surface area contributed by atoms with E-state index in [0.717, 1.165) is 0 Å². The first-order valence-corrected chi connectivity index (χ1v) is 6.18. The van der Waals surface area contributed by atoms with Crippen molar-refractivity contribution in [2.45, 2.75) is 39.4 Å². The van der Waals surface area contributed by atoms with Crippen molar-refractivity contribution in [2.24, 2.45) is 5.41 Å². The smallest absolute Gasteiger partial charge is 0.311 e. The number of carbonyl (C=O) groups excluding carboxylic acids is 1. The van der Waals surface area contributed by atoms with Gasteiger partial charge in [-0.25, -0.2) is 0 Å². The summed E-state index contributed by atoms with van der Waals surface area (Å²) in [6.45, 7) is 5.44. The number of rotatable bonds is 9. The summed E-state index contributed by atoms with van der Waals surface area (Å²) in [6.07, 6.45) is -1.01. The summed E-state index contributed by atoms with van der Waals surface area (Å²) in [5, 5.41) is 29.9. The molecule has 108 valence electrons. The quantitative estimate of drug-likeness (QED) is 0.409. The molecular formula is C12H25NO5. The molecule has 0 heterocycles. The molecule has 0 aromatic carbocycles. The van der Waals surface area contributed by atoms with Crippen LogP contribution in [0.1, 0.15) is 27.2 Å². The van der Waals surface area contributed by atoms with E-state index < -0.39 is 17.6 Å². The van der Waals surface area contributed by atoms with Crippen molar-refractivity contribution in [3.63, 3.8) is 0 Å². The van der Waals surface area contributed by atoms with Crippen LogP contribution in [-0.4, -0.2) is 59.8 Å². The standard InChI is InChI=1S/C12H25NO5/c1-4-12(2,3)11(17)18-8-10(16)6-13-5-9(15)7-14/h9-10,13-16H,4-8H2,1-3H3. The van der Waals surface area contributed by atoms with E-state index in [-0.39, 0.29) is 32.3 Å². The van der Waals surface area contributed by atoms with Gasteiger partial charge in [-0.15, -0.1) is 0 Å². The third kappa shape index (κ3) is 6.90. The van der Waals surface area contributed by atoms with E-state index in [1.54, 1.807) is 13.8 Å². The second-order valence-corrected chi connectivity index (χ2v) is 4.98. The highest BCUT2D eigenvalue weighted by Crippen LogP contribution is 2.21. The monoisotopic (exact) mass is 263 g/mol. The molecule has 0 rings (SSSR count). The molecule has 2 unspecified atom stereocenters. The van der Waals surface area contributed by atoms with Gasteiger partial charge in [-0.05, 0) is 20.3 Å². The molecule has 0 radical (unpaired) electrons. The van der Waals surface area contributed by atoms with Crippen molar-refractivity contribution in [2.75, 3.05) is 26.3 Å². The van der Waals surface area contributed by atoms with Gasteiger partial charge in [0.25, 0.3) is 0 Å². The van der Waals surface area contributed by atoms with E-state index in [1.807, 2.05) is 6.92 Å². The van der Waals surface area contributed by atoms with E-state index >= 15 is 0 Å². The second kappa shape index (κ2) is 8.42. The Morgan fingerprint density at radius 3 is 2.33 bits per heavy atom. The fourth-order valence-electron chi connectivity index (χ4n) is 1.05. The first-order valence-electron chi connectivity index (χ1n) is 6.18. The molecule has 18 heavy (non-hydrogen) atoms. The summed E-state index contributed by atoms with van der Waals surface area (Å²) in [6, 6.07) is 0. The number of esters is 1. The van der Waals surface area contributed by atoms with Gasteiger partial charge < -0.3 is 25.4 Å². The van der Waals surface area contributed by atoms with Gasteiger partial charge in [0.1, 0.15) is 12.7 Å². The maximum Gasteiger partial charge on any atom is 0.311 e. The van der Waals surface area contributed by atoms with Crippen LogP contribution in [0.25, 0.3) is 0 Å². The summed E-state index contributed by atoms with van der Waals surface area (Å²) in [4.78, 5) is 11.6. The van der Waals surface area contributed by atoms with E-state index in [0.29, 0.717) is 6.42 Å². The fourth-order valence-corrected chi connectivity index (χ4v) is 1.05. The molecule has 0 spiro atoms. The Balaban J connectivity index is 3.77. The van der Waals surface area contributed by atoms with E-state index in [2.05, 4.69) is 5.32 Å². The minimum absolute atomic E-state index is 0.0789. The first kappa shape index (κ1) is 17.3. The lowest BCUT2D eigenvalue weighted by atomic mass is 9.91. The molecule has 0 aromatic rings. The van der Waals surface area contributed by atoms with Crippen molar-refractivity contribution < 1.29 is 24.9 Å². The molecule has 0 aliphatic heterocycles. The molecule has 0 aromatic heterocycles. The molecule has 0 saturated carbocycles. The summed E-state index contributed by atoms with van der Waals surface area (Å²) in [5.74, 6) is -0.334.